The van der Waals surface area contributed by atoms with Crippen LogP contribution in [-0.2, 0) is 6.61 Å². The molecule has 0 unspecified atom stereocenters. The molecule has 0 aromatic heterocycles. The van der Waals surface area contributed by atoms with Gasteiger partial charge in [0.05, 0.1) is 0 Å². The minimum Gasteiger partial charge on any atom is -0.489 e. The zero-order chi connectivity index (χ0) is 14.2. The van der Waals surface area contributed by atoms with E-state index in [1.807, 2.05) is 43.3 Å². The average Bonchev–Trinajstić information content (AvgIpc) is 2.48. The lowest BCUT2D eigenvalue weighted by molar-refractivity contribution is 0.304. The first-order valence-corrected chi connectivity index (χ1v) is 7.15. The monoisotopic (exact) mass is 284 g/mol. The Hall–Kier alpha value is -1.91. The van der Waals surface area contributed by atoms with Crippen LogP contribution in [0.25, 0.3) is 0 Å². The first-order valence-electron chi connectivity index (χ1n) is 6.62. The van der Waals surface area contributed by atoms with Crippen LogP contribution in [0.2, 0.25) is 0 Å². The second-order valence-corrected chi connectivity index (χ2v) is 4.87. The van der Waals surface area contributed by atoms with Crippen LogP contribution in [0.1, 0.15) is 23.1 Å². The summed E-state index contributed by atoms with van der Waals surface area (Å²) in [5.41, 5.74) is 3.26. The molecule has 0 amide bonds. The van der Waals surface area contributed by atoms with E-state index < -0.39 is 0 Å². The summed E-state index contributed by atoms with van der Waals surface area (Å²) in [6.07, 6.45) is 0.715. The van der Waals surface area contributed by atoms with Gasteiger partial charge in [0.2, 0.25) is 0 Å². The van der Waals surface area contributed by atoms with Gasteiger partial charge < -0.3 is 4.74 Å². The number of ether oxygens (including phenoxy) is 1. The molecule has 2 rings (SSSR count). The van der Waals surface area contributed by atoms with Crippen LogP contribution in [0.5, 0.6) is 5.75 Å². The van der Waals surface area contributed by atoms with Gasteiger partial charge in [0, 0.05) is 17.9 Å². The van der Waals surface area contributed by atoms with Gasteiger partial charge in [-0.05, 0) is 36.2 Å². The number of halogens is 1. The molecule has 0 bridgehead atoms. The molecule has 0 aliphatic heterocycles. The predicted octanol–water partition coefficient (Wildman–Crippen LogP) is 4.55. The van der Waals surface area contributed by atoms with Crippen molar-refractivity contribution in [1.29, 1.82) is 0 Å². The van der Waals surface area contributed by atoms with Crippen LogP contribution >= 0.6 is 11.6 Å². The van der Waals surface area contributed by atoms with Crippen molar-refractivity contribution in [2.75, 3.05) is 5.88 Å². The van der Waals surface area contributed by atoms with E-state index in [1.54, 1.807) is 0 Å². The fourth-order valence-corrected chi connectivity index (χ4v) is 1.93. The molecule has 0 N–H and O–H groups in total. The maximum Gasteiger partial charge on any atom is 0.122 e. The third-order valence-electron chi connectivity index (χ3n) is 2.86. The van der Waals surface area contributed by atoms with Gasteiger partial charge in [-0.15, -0.1) is 11.6 Å². The summed E-state index contributed by atoms with van der Waals surface area (Å²) < 4.78 is 5.83. The highest BCUT2D eigenvalue weighted by atomic mass is 35.5. The molecule has 2 aromatic rings. The fraction of sp³-hybridized carbons (Fsp3) is 0.222. The van der Waals surface area contributed by atoms with E-state index >= 15 is 0 Å². The number of alkyl halides is 1. The highest BCUT2D eigenvalue weighted by Crippen LogP contribution is 2.20. The number of hydrogen-bond donors (Lipinski definition) is 0. The van der Waals surface area contributed by atoms with Crippen molar-refractivity contribution in [3.05, 3.63) is 65.2 Å². The van der Waals surface area contributed by atoms with E-state index in [9.17, 15) is 0 Å². The van der Waals surface area contributed by atoms with Crippen LogP contribution in [0.3, 0.4) is 0 Å². The molecule has 0 spiro atoms. The Morgan fingerprint density at radius 1 is 1.10 bits per heavy atom. The topological polar surface area (TPSA) is 9.23 Å². The molecular weight excluding hydrogens is 268 g/mol. The number of benzene rings is 2. The van der Waals surface area contributed by atoms with Crippen molar-refractivity contribution >= 4 is 11.6 Å². The Bertz CT molecular complexity index is 608. The molecule has 0 aliphatic rings. The van der Waals surface area contributed by atoms with Crippen LogP contribution in [0, 0.1) is 18.8 Å². The highest BCUT2D eigenvalue weighted by molar-refractivity contribution is 6.18. The van der Waals surface area contributed by atoms with Crippen molar-refractivity contribution in [3.63, 3.8) is 0 Å². The van der Waals surface area contributed by atoms with Gasteiger partial charge >= 0.3 is 0 Å². The highest BCUT2D eigenvalue weighted by Gasteiger charge is 2.00. The molecule has 0 fully saturated rings. The molecule has 1 nitrogen and oxygen atoms in total. The Balaban J connectivity index is 2.01. The molecule has 0 radical (unpaired) electrons. The Kier molecular flexibility index (Phi) is 5.53. The van der Waals surface area contributed by atoms with Crippen molar-refractivity contribution in [1.82, 2.24) is 0 Å². The lowest BCUT2D eigenvalue weighted by atomic mass is 10.1. The Morgan fingerprint density at radius 2 is 1.90 bits per heavy atom. The smallest absolute Gasteiger partial charge is 0.122 e. The summed E-state index contributed by atoms with van der Waals surface area (Å²) in [6, 6.07) is 16.1. The summed E-state index contributed by atoms with van der Waals surface area (Å²) in [6.45, 7) is 2.62. The molecule has 2 aromatic carbocycles. The summed E-state index contributed by atoms with van der Waals surface area (Å²) in [5.74, 6) is 7.60. The molecule has 0 saturated heterocycles. The lowest BCUT2D eigenvalue weighted by Gasteiger charge is -2.09. The zero-order valence-corrected chi connectivity index (χ0v) is 12.3. The van der Waals surface area contributed by atoms with Crippen LogP contribution in [0.4, 0.5) is 0 Å². The Labute approximate surface area is 125 Å². The molecule has 102 valence electrons. The second kappa shape index (κ2) is 7.62. The van der Waals surface area contributed by atoms with Gasteiger partial charge in [-0.1, -0.05) is 42.2 Å². The number of aryl methyl sites for hydroxylation is 1. The third kappa shape index (κ3) is 4.33. The van der Waals surface area contributed by atoms with Crippen LogP contribution in [0.15, 0.2) is 48.5 Å². The zero-order valence-electron chi connectivity index (χ0n) is 11.5. The summed E-state index contributed by atoms with van der Waals surface area (Å²) >= 11 is 5.60. The number of rotatable bonds is 4. The largest absolute Gasteiger partial charge is 0.489 e. The summed E-state index contributed by atoms with van der Waals surface area (Å²) in [7, 11) is 0. The van der Waals surface area contributed by atoms with Crippen molar-refractivity contribution in [2.45, 2.75) is 20.0 Å². The second-order valence-electron chi connectivity index (χ2n) is 4.50. The van der Waals surface area contributed by atoms with Gasteiger partial charge in [0.1, 0.15) is 12.4 Å². The van der Waals surface area contributed by atoms with E-state index in [0.717, 1.165) is 22.4 Å². The van der Waals surface area contributed by atoms with Crippen molar-refractivity contribution in [2.24, 2.45) is 0 Å². The van der Waals surface area contributed by atoms with Gasteiger partial charge in [-0.3, -0.25) is 0 Å². The minimum atomic E-state index is 0.574. The maximum absolute atomic E-state index is 5.83. The molecule has 20 heavy (non-hydrogen) atoms. The van der Waals surface area contributed by atoms with Gasteiger partial charge in [-0.25, -0.2) is 0 Å². The van der Waals surface area contributed by atoms with E-state index in [-0.39, 0.29) is 0 Å². The first-order chi connectivity index (χ1) is 9.79. The van der Waals surface area contributed by atoms with E-state index in [2.05, 4.69) is 24.0 Å². The SMILES string of the molecule is Cc1cc(C#CCCCl)ccc1OCc1ccccc1. The fourth-order valence-electron chi connectivity index (χ4n) is 1.84. The van der Waals surface area contributed by atoms with E-state index in [1.165, 1.54) is 0 Å². The molecule has 0 saturated carbocycles. The van der Waals surface area contributed by atoms with Gasteiger partial charge in [-0.2, -0.15) is 0 Å². The predicted molar refractivity (Wildman–Crippen MR) is 84.2 cm³/mol. The summed E-state index contributed by atoms with van der Waals surface area (Å²) in [4.78, 5) is 0. The molecular formula is C18H17ClO. The summed E-state index contributed by atoms with van der Waals surface area (Å²) in [5, 5.41) is 0. The standard InChI is InChI=1S/C18H17ClO/c1-15-13-16(7-5-6-12-19)10-11-18(15)20-14-17-8-3-2-4-9-17/h2-4,8-11,13H,6,12,14H2,1H3. The normalized spacial score (nSPS) is 9.70. The molecule has 0 heterocycles. The van der Waals surface area contributed by atoms with Crippen molar-refractivity contribution in [3.8, 4) is 17.6 Å². The minimum absolute atomic E-state index is 0.574. The quantitative estimate of drug-likeness (QED) is 0.591. The van der Waals surface area contributed by atoms with Crippen LogP contribution in [-0.4, -0.2) is 5.88 Å². The van der Waals surface area contributed by atoms with Crippen LogP contribution < -0.4 is 4.74 Å². The molecule has 0 aliphatic carbocycles. The van der Waals surface area contributed by atoms with Gasteiger partial charge in [0.15, 0.2) is 0 Å². The lowest BCUT2D eigenvalue weighted by Crippen LogP contribution is -1.96. The Morgan fingerprint density at radius 3 is 2.60 bits per heavy atom. The van der Waals surface area contributed by atoms with E-state index in [4.69, 9.17) is 16.3 Å². The van der Waals surface area contributed by atoms with E-state index in [0.29, 0.717) is 18.9 Å². The number of hydrogen-bond acceptors (Lipinski definition) is 1. The van der Waals surface area contributed by atoms with Gasteiger partial charge in [0.25, 0.3) is 0 Å². The molecule has 0 atom stereocenters. The third-order valence-corrected chi connectivity index (χ3v) is 3.05. The molecule has 2 heteroatoms. The maximum atomic E-state index is 5.83. The average molecular weight is 285 g/mol. The first kappa shape index (κ1) is 14.5. The van der Waals surface area contributed by atoms with Crippen molar-refractivity contribution < 1.29 is 4.74 Å².